The molecule has 0 radical (unpaired) electrons. The highest BCUT2D eigenvalue weighted by atomic mass is 19.1. The number of hydrogen-bond acceptors (Lipinski definition) is 1. The van der Waals surface area contributed by atoms with Gasteiger partial charge in [0.15, 0.2) is 0 Å². The minimum Gasteiger partial charge on any atom is -0.478 e. The molecule has 14 heavy (non-hydrogen) atoms. The van der Waals surface area contributed by atoms with Crippen molar-refractivity contribution in [2.24, 2.45) is 0 Å². The normalized spacial score (nSPS) is 11.2. The topological polar surface area (TPSA) is 37.3 Å². The van der Waals surface area contributed by atoms with E-state index in [1.807, 2.05) is 0 Å². The first-order valence-corrected chi connectivity index (χ1v) is 4.02. The number of aliphatic carboxylic acids is 1. The van der Waals surface area contributed by atoms with Crippen molar-refractivity contribution in [3.63, 3.8) is 0 Å². The Kier molecular flexibility index (Phi) is 3.61. The molecule has 1 N–H and O–H groups in total. The summed E-state index contributed by atoms with van der Waals surface area (Å²) < 4.78 is 12.7. The van der Waals surface area contributed by atoms with Gasteiger partial charge in [-0.1, -0.05) is 30.4 Å². The summed E-state index contributed by atoms with van der Waals surface area (Å²) in [5.74, 6) is -1.32. The number of allylic oxidation sites excluding steroid dienone is 2. The van der Waals surface area contributed by atoms with Crippen molar-refractivity contribution in [2.75, 3.05) is 0 Å². The van der Waals surface area contributed by atoms with E-state index in [0.29, 0.717) is 5.56 Å². The molecule has 1 rings (SSSR count). The first-order valence-electron chi connectivity index (χ1n) is 4.02. The fraction of sp³-hybridized carbons (Fsp3) is 0. The van der Waals surface area contributed by atoms with Gasteiger partial charge in [0.2, 0.25) is 0 Å². The van der Waals surface area contributed by atoms with Crippen molar-refractivity contribution in [3.8, 4) is 0 Å². The Morgan fingerprint density at radius 3 is 2.79 bits per heavy atom. The lowest BCUT2D eigenvalue weighted by Crippen LogP contribution is -1.84. The van der Waals surface area contributed by atoms with E-state index in [1.54, 1.807) is 24.3 Å². The third-order valence-electron chi connectivity index (χ3n) is 1.49. The summed E-state index contributed by atoms with van der Waals surface area (Å²) in [6, 6.07) is 6.04. The summed E-state index contributed by atoms with van der Waals surface area (Å²) in [5, 5.41) is 8.27. The number of hydrogen-bond donors (Lipinski definition) is 1. The Hall–Kier alpha value is -1.90. The van der Waals surface area contributed by atoms with Crippen LogP contribution in [0.1, 0.15) is 5.56 Å². The van der Waals surface area contributed by atoms with Crippen LogP contribution in [0.15, 0.2) is 42.5 Å². The Morgan fingerprint density at radius 1 is 1.36 bits per heavy atom. The van der Waals surface area contributed by atoms with Crippen LogP contribution in [0, 0.1) is 5.82 Å². The van der Waals surface area contributed by atoms with Gasteiger partial charge in [-0.25, -0.2) is 9.18 Å². The highest BCUT2D eigenvalue weighted by Gasteiger charge is 1.88. The summed E-state index contributed by atoms with van der Waals surface area (Å²) in [4.78, 5) is 10.1. The minimum atomic E-state index is -1.01. The molecule has 0 atom stereocenters. The zero-order valence-corrected chi connectivity index (χ0v) is 7.35. The molecule has 0 saturated heterocycles. The van der Waals surface area contributed by atoms with E-state index in [2.05, 4.69) is 0 Å². The number of benzene rings is 1. The minimum absolute atomic E-state index is 0.311. The van der Waals surface area contributed by atoms with Gasteiger partial charge in [0.25, 0.3) is 0 Å². The van der Waals surface area contributed by atoms with Crippen LogP contribution < -0.4 is 0 Å². The molecule has 72 valence electrons. The van der Waals surface area contributed by atoms with Crippen LogP contribution in [0.2, 0.25) is 0 Å². The Labute approximate surface area is 81.0 Å². The molecule has 0 aliphatic rings. The zero-order valence-electron chi connectivity index (χ0n) is 7.35. The third kappa shape index (κ3) is 3.67. The second kappa shape index (κ2) is 4.97. The van der Waals surface area contributed by atoms with Crippen molar-refractivity contribution in [3.05, 3.63) is 53.9 Å². The van der Waals surface area contributed by atoms with Crippen LogP contribution >= 0.6 is 0 Å². The molecule has 0 fully saturated rings. The van der Waals surface area contributed by atoms with Gasteiger partial charge in [-0.2, -0.15) is 0 Å². The van der Waals surface area contributed by atoms with Crippen LogP contribution in [0.25, 0.3) is 6.08 Å². The van der Waals surface area contributed by atoms with E-state index < -0.39 is 5.97 Å². The average molecular weight is 192 g/mol. The molecule has 2 nitrogen and oxygen atoms in total. The maximum atomic E-state index is 12.7. The fourth-order valence-corrected chi connectivity index (χ4v) is 0.915. The maximum absolute atomic E-state index is 12.7. The summed E-state index contributed by atoms with van der Waals surface area (Å²) in [7, 11) is 0. The molecular formula is C11H9FO2. The van der Waals surface area contributed by atoms with E-state index in [0.717, 1.165) is 6.08 Å². The molecule has 1 aromatic carbocycles. The van der Waals surface area contributed by atoms with Gasteiger partial charge in [-0.05, 0) is 17.7 Å². The molecule has 3 heteroatoms. The van der Waals surface area contributed by atoms with Crippen molar-refractivity contribution < 1.29 is 14.3 Å². The van der Waals surface area contributed by atoms with Crippen LogP contribution in [0.5, 0.6) is 0 Å². The Bertz CT molecular complexity index is 381. The van der Waals surface area contributed by atoms with Gasteiger partial charge in [0.05, 0.1) is 0 Å². The lowest BCUT2D eigenvalue weighted by atomic mass is 10.2. The lowest BCUT2D eigenvalue weighted by molar-refractivity contribution is -0.131. The molecule has 0 bridgehead atoms. The zero-order chi connectivity index (χ0) is 10.4. The summed E-state index contributed by atoms with van der Waals surface area (Å²) in [6.45, 7) is 0. The molecule has 0 aliphatic heterocycles. The molecule has 0 saturated carbocycles. The number of carbonyl (C=O) groups is 1. The average Bonchev–Trinajstić information content (AvgIpc) is 2.12. The first-order chi connectivity index (χ1) is 6.68. The second-order valence-electron chi connectivity index (χ2n) is 2.61. The van der Waals surface area contributed by atoms with Crippen molar-refractivity contribution in [2.45, 2.75) is 0 Å². The van der Waals surface area contributed by atoms with Crippen molar-refractivity contribution in [1.29, 1.82) is 0 Å². The van der Waals surface area contributed by atoms with E-state index in [-0.39, 0.29) is 5.82 Å². The summed E-state index contributed by atoms with van der Waals surface area (Å²) >= 11 is 0. The van der Waals surface area contributed by atoms with E-state index in [4.69, 9.17) is 5.11 Å². The van der Waals surface area contributed by atoms with Crippen molar-refractivity contribution >= 4 is 12.0 Å². The smallest absolute Gasteiger partial charge is 0.328 e. The van der Waals surface area contributed by atoms with Crippen LogP contribution in [-0.2, 0) is 4.79 Å². The summed E-state index contributed by atoms with van der Waals surface area (Å²) in [5.41, 5.74) is 0.694. The highest BCUT2D eigenvalue weighted by molar-refractivity contribution is 5.80. The molecule has 0 amide bonds. The van der Waals surface area contributed by atoms with Gasteiger partial charge in [0, 0.05) is 6.08 Å². The van der Waals surface area contributed by atoms with Crippen LogP contribution in [0.4, 0.5) is 4.39 Å². The van der Waals surface area contributed by atoms with Gasteiger partial charge in [0.1, 0.15) is 5.82 Å². The molecule has 1 aromatic rings. The largest absolute Gasteiger partial charge is 0.478 e. The standard InChI is InChI=1S/C11H9FO2/c12-10-6-3-5-9(8-10)4-1-2-7-11(13)14/h1-8H,(H,13,14). The molecular weight excluding hydrogens is 183 g/mol. The second-order valence-corrected chi connectivity index (χ2v) is 2.61. The molecule has 0 spiro atoms. The molecule has 0 unspecified atom stereocenters. The van der Waals surface area contributed by atoms with Crippen LogP contribution in [-0.4, -0.2) is 11.1 Å². The Balaban J connectivity index is 2.64. The van der Waals surface area contributed by atoms with E-state index in [9.17, 15) is 9.18 Å². The molecule has 0 aliphatic carbocycles. The van der Waals surface area contributed by atoms with Gasteiger partial charge in [-0.3, -0.25) is 0 Å². The number of rotatable bonds is 3. The lowest BCUT2D eigenvalue weighted by Gasteiger charge is -1.91. The van der Waals surface area contributed by atoms with Gasteiger partial charge in [-0.15, -0.1) is 0 Å². The molecule has 0 aromatic heterocycles. The predicted molar refractivity (Wildman–Crippen MR) is 52.2 cm³/mol. The first kappa shape index (κ1) is 10.2. The van der Waals surface area contributed by atoms with Crippen molar-refractivity contribution in [1.82, 2.24) is 0 Å². The molecule has 0 heterocycles. The highest BCUT2D eigenvalue weighted by Crippen LogP contribution is 2.05. The number of carboxylic acids is 1. The number of carboxylic acid groups (broad SMARTS) is 1. The van der Waals surface area contributed by atoms with Gasteiger partial charge < -0.3 is 5.11 Å². The Morgan fingerprint density at radius 2 is 2.14 bits per heavy atom. The van der Waals surface area contributed by atoms with Gasteiger partial charge >= 0.3 is 5.97 Å². The van der Waals surface area contributed by atoms with E-state index in [1.165, 1.54) is 18.2 Å². The maximum Gasteiger partial charge on any atom is 0.328 e. The van der Waals surface area contributed by atoms with E-state index >= 15 is 0 Å². The number of halogens is 1. The van der Waals surface area contributed by atoms with Crippen LogP contribution in [0.3, 0.4) is 0 Å². The quantitative estimate of drug-likeness (QED) is 0.590. The summed E-state index contributed by atoms with van der Waals surface area (Å²) in [6.07, 6.45) is 5.56. The third-order valence-corrected chi connectivity index (χ3v) is 1.49. The fourth-order valence-electron chi connectivity index (χ4n) is 0.915. The predicted octanol–water partition coefficient (Wildman–Crippen LogP) is 2.48. The monoisotopic (exact) mass is 192 g/mol. The SMILES string of the molecule is O=C(O)C=CC=Cc1cccc(F)c1.